The van der Waals surface area contributed by atoms with Crippen molar-refractivity contribution in [1.82, 2.24) is 14.5 Å². The Kier molecular flexibility index (Phi) is 3.16. The number of hydrogen-bond donors (Lipinski definition) is 0. The molecule has 2 aromatic rings. The zero-order valence-electron chi connectivity index (χ0n) is 11.5. The predicted molar refractivity (Wildman–Crippen MR) is 74.7 cm³/mol. The number of rotatable bonds is 3. The second-order valence-electron chi connectivity index (χ2n) is 5.62. The van der Waals surface area contributed by atoms with Gasteiger partial charge >= 0.3 is 0 Å². The lowest BCUT2D eigenvalue weighted by molar-refractivity contribution is 0.0966. The summed E-state index contributed by atoms with van der Waals surface area (Å²) in [6, 6.07) is 3.98. The average Bonchev–Trinajstić information content (AvgIpc) is 3.19. The van der Waals surface area contributed by atoms with Crippen LogP contribution < -0.4 is 0 Å². The number of pyridine rings is 1. The highest BCUT2D eigenvalue weighted by Crippen LogP contribution is 2.28. The van der Waals surface area contributed by atoms with Crippen LogP contribution in [0.15, 0.2) is 18.3 Å². The van der Waals surface area contributed by atoms with Crippen LogP contribution in [0.4, 0.5) is 0 Å². The summed E-state index contributed by atoms with van der Waals surface area (Å²) in [5.74, 6) is 1.51. The van der Waals surface area contributed by atoms with E-state index in [-0.39, 0.29) is 0 Å². The number of aromatic nitrogens is 3. The fourth-order valence-electron chi connectivity index (χ4n) is 3.20. The Labute approximate surface area is 117 Å². The first-order valence-electron chi connectivity index (χ1n) is 7.42. The van der Waals surface area contributed by atoms with Crippen LogP contribution in [-0.2, 0) is 16.0 Å². The van der Waals surface area contributed by atoms with Crippen molar-refractivity contribution in [2.75, 3.05) is 19.8 Å². The molecule has 2 aliphatic rings. The zero-order chi connectivity index (χ0) is 13.4. The highest BCUT2D eigenvalue weighted by molar-refractivity contribution is 5.71. The molecule has 0 amide bonds. The molecular weight excluding hydrogens is 254 g/mol. The van der Waals surface area contributed by atoms with Gasteiger partial charge in [-0.25, -0.2) is 9.97 Å². The molecule has 2 aliphatic heterocycles. The van der Waals surface area contributed by atoms with Gasteiger partial charge < -0.3 is 14.0 Å². The van der Waals surface area contributed by atoms with Crippen LogP contribution in [0.1, 0.15) is 31.0 Å². The van der Waals surface area contributed by atoms with Gasteiger partial charge in [0.05, 0.1) is 19.3 Å². The molecule has 2 atom stereocenters. The minimum Gasteiger partial charge on any atom is -0.381 e. The molecule has 2 saturated heterocycles. The van der Waals surface area contributed by atoms with Crippen molar-refractivity contribution in [2.24, 2.45) is 0 Å². The molecule has 0 saturated carbocycles. The molecule has 0 bridgehead atoms. The van der Waals surface area contributed by atoms with E-state index in [4.69, 9.17) is 14.5 Å². The number of fused-ring (bicyclic) bond motifs is 1. The van der Waals surface area contributed by atoms with Crippen molar-refractivity contribution in [2.45, 2.75) is 37.8 Å². The summed E-state index contributed by atoms with van der Waals surface area (Å²) < 4.78 is 13.6. The molecule has 2 aromatic heterocycles. The Balaban J connectivity index is 1.75. The highest BCUT2D eigenvalue weighted by atomic mass is 16.5. The summed E-state index contributed by atoms with van der Waals surface area (Å²) in [6.07, 6.45) is 5.48. The van der Waals surface area contributed by atoms with Gasteiger partial charge in [0.25, 0.3) is 0 Å². The summed E-state index contributed by atoms with van der Waals surface area (Å²) >= 11 is 0. The second kappa shape index (κ2) is 5.14. The Morgan fingerprint density at radius 3 is 3.10 bits per heavy atom. The van der Waals surface area contributed by atoms with Crippen molar-refractivity contribution in [3.8, 4) is 0 Å². The summed E-state index contributed by atoms with van der Waals surface area (Å²) in [5.41, 5.74) is 1.96. The minimum absolute atomic E-state index is 0.301. The molecule has 4 rings (SSSR count). The molecule has 20 heavy (non-hydrogen) atoms. The Hall–Kier alpha value is -1.46. The molecule has 5 heteroatoms. The van der Waals surface area contributed by atoms with E-state index in [2.05, 4.69) is 9.55 Å². The fourth-order valence-corrected chi connectivity index (χ4v) is 3.20. The van der Waals surface area contributed by atoms with E-state index in [1.165, 1.54) is 0 Å². The Morgan fingerprint density at radius 2 is 2.30 bits per heavy atom. The van der Waals surface area contributed by atoms with Crippen molar-refractivity contribution in [1.29, 1.82) is 0 Å². The molecule has 0 N–H and O–H groups in total. The lowest BCUT2D eigenvalue weighted by atomic mass is 10.1. The maximum Gasteiger partial charge on any atom is 0.160 e. The molecule has 0 spiro atoms. The summed E-state index contributed by atoms with van der Waals surface area (Å²) in [4.78, 5) is 9.32. The molecule has 0 radical (unpaired) electrons. The quantitative estimate of drug-likeness (QED) is 0.859. The van der Waals surface area contributed by atoms with Crippen molar-refractivity contribution in [3.05, 3.63) is 24.2 Å². The van der Waals surface area contributed by atoms with Crippen LogP contribution >= 0.6 is 0 Å². The molecule has 0 aliphatic carbocycles. The lowest BCUT2D eigenvalue weighted by Gasteiger charge is -2.15. The molecule has 2 unspecified atom stereocenters. The van der Waals surface area contributed by atoms with Crippen LogP contribution in [0.2, 0.25) is 0 Å². The van der Waals surface area contributed by atoms with Gasteiger partial charge in [0.2, 0.25) is 0 Å². The monoisotopic (exact) mass is 273 g/mol. The van der Waals surface area contributed by atoms with Crippen LogP contribution in [0.25, 0.3) is 11.2 Å². The van der Waals surface area contributed by atoms with Crippen molar-refractivity contribution in [3.63, 3.8) is 0 Å². The molecule has 4 heterocycles. The molecule has 5 nitrogen and oxygen atoms in total. The van der Waals surface area contributed by atoms with E-state index < -0.39 is 0 Å². The number of ether oxygens (including phenoxy) is 2. The minimum atomic E-state index is 0.301. The first-order chi connectivity index (χ1) is 9.92. The third-order valence-electron chi connectivity index (χ3n) is 4.24. The van der Waals surface area contributed by atoms with Gasteiger partial charge in [0, 0.05) is 25.3 Å². The molecule has 0 aromatic carbocycles. The van der Waals surface area contributed by atoms with Gasteiger partial charge in [-0.15, -0.1) is 0 Å². The topological polar surface area (TPSA) is 49.2 Å². The average molecular weight is 273 g/mol. The summed E-state index contributed by atoms with van der Waals surface area (Å²) in [5, 5.41) is 0. The van der Waals surface area contributed by atoms with E-state index in [1.807, 2.05) is 18.3 Å². The Bertz CT molecular complexity index is 598. The van der Waals surface area contributed by atoms with E-state index in [0.29, 0.717) is 12.0 Å². The van der Waals surface area contributed by atoms with Crippen LogP contribution in [-0.4, -0.2) is 40.5 Å². The number of hydrogen-bond acceptors (Lipinski definition) is 4. The van der Waals surface area contributed by atoms with E-state index in [1.54, 1.807) is 0 Å². The van der Waals surface area contributed by atoms with Crippen molar-refractivity contribution >= 4 is 11.2 Å². The standard InChI is InChI=1S/C15H19N3O2/c1-4-13-15(16-6-1)18(9-12-3-2-7-20-12)14(17-13)11-5-8-19-10-11/h1,4,6,11-12H,2-3,5,7-10H2. The van der Waals surface area contributed by atoms with Crippen LogP contribution in [0, 0.1) is 0 Å². The van der Waals surface area contributed by atoms with Gasteiger partial charge in [-0.05, 0) is 31.4 Å². The van der Waals surface area contributed by atoms with E-state index in [0.717, 1.165) is 62.6 Å². The zero-order valence-corrected chi connectivity index (χ0v) is 11.5. The van der Waals surface area contributed by atoms with Crippen LogP contribution in [0.3, 0.4) is 0 Å². The highest BCUT2D eigenvalue weighted by Gasteiger charge is 2.27. The third-order valence-corrected chi connectivity index (χ3v) is 4.24. The summed E-state index contributed by atoms with van der Waals surface area (Å²) in [6.45, 7) is 3.35. The summed E-state index contributed by atoms with van der Waals surface area (Å²) in [7, 11) is 0. The lowest BCUT2D eigenvalue weighted by Crippen LogP contribution is -2.19. The first kappa shape index (κ1) is 12.3. The predicted octanol–water partition coefficient (Wildman–Crippen LogP) is 2.11. The number of imidazole rings is 1. The van der Waals surface area contributed by atoms with E-state index >= 15 is 0 Å². The normalized spacial score (nSPS) is 26.6. The van der Waals surface area contributed by atoms with E-state index in [9.17, 15) is 0 Å². The smallest absolute Gasteiger partial charge is 0.160 e. The number of nitrogens with zero attached hydrogens (tertiary/aromatic N) is 3. The van der Waals surface area contributed by atoms with Gasteiger partial charge in [-0.1, -0.05) is 0 Å². The Morgan fingerprint density at radius 1 is 1.30 bits per heavy atom. The third kappa shape index (κ3) is 2.11. The molecular formula is C15H19N3O2. The molecule has 2 fully saturated rings. The van der Waals surface area contributed by atoms with Gasteiger partial charge in [-0.2, -0.15) is 0 Å². The largest absolute Gasteiger partial charge is 0.381 e. The van der Waals surface area contributed by atoms with Gasteiger partial charge in [0.1, 0.15) is 11.3 Å². The second-order valence-corrected chi connectivity index (χ2v) is 5.62. The van der Waals surface area contributed by atoms with Gasteiger partial charge in [-0.3, -0.25) is 0 Å². The first-order valence-corrected chi connectivity index (χ1v) is 7.42. The SMILES string of the molecule is c1cnc2c(c1)nc(C1CCOC1)n2CC1CCCO1. The van der Waals surface area contributed by atoms with Crippen molar-refractivity contribution < 1.29 is 9.47 Å². The van der Waals surface area contributed by atoms with Crippen LogP contribution in [0.5, 0.6) is 0 Å². The maximum atomic E-state index is 5.79. The van der Waals surface area contributed by atoms with Gasteiger partial charge in [0.15, 0.2) is 5.65 Å². The fraction of sp³-hybridized carbons (Fsp3) is 0.600. The maximum absolute atomic E-state index is 5.79. The molecule has 106 valence electrons.